The third-order valence-electron chi connectivity index (χ3n) is 2.33. The number of benzene rings is 1. The van der Waals surface area contributed by atoms with Gasteiger partial charge in [-0.2, -0.15) is 0 Å². The topological polar surface area (TPSA) is 35.2 Å². The van der Waals surface area contributed by atoms with Crippen LogP contribution in [-0.4, -0.2) is 11.6 Å². The van der Waals surface area contributed by atoms with Crippen molar-refractivity contribution in [2.24, 2.45) is 11.1 Å². The van der Waals surface area contributed by atoms with Crippen molar-refractivity contribution in [3.8, 4) is 5.75 Å². The van der Waals surface area contributed by atoms with Crippen LogP contribution < -0.4 is 10.5 Å². The first kappa shape index (κ1) is 14.5. The third kappa shape index (κ3) is 5.04. The fraction of sp³-hybridized carbons (Fsp3) is 0.462. The highest BCUT2D eigenvalue weighted by atomic mass is 79.9. The minimum Gasteiger partial charge on any atom is -0.492 e. The smallest absolute Gasteiger partial charge is 0.133 e. The number of thiocarbonyl (C=S) groups is 1. The van der Waals surface area contributed by atoms with Gasteiger partial charge in [0.15, 0.2) is 0 Å². The van der Waals surface area contributed by atoms with Gasteiger partial charge >= 0.3 is 0 Å². The van der Waals surface area contributed by atoms with Gasteiger partial charge in [0.2, 0.25) is 0 Å². The molecular formula is C13H18BrNOS. The molecule has 0 aliphatic carbocycles. The van der Waals surface area contributed by atoms with Crippen LogP contribution in [0.1, 0.15) is 32.8 Å². The predicted octanol–water partition coefficient (Wildman–Crippen LogP) is 3.90. The first-order valence-corrected chi connectivity index (χ1v) is 6.72. The van der Waals surface area contributed by atoms with Gasteiger partial charge in [-0.05, 0) is 46.0 Å². The normalized spacial score (nSPS) is 11.3. The maximum Gasteiger partial charge on any atom is 0.133 e. The van der Waals surface area contributed by atoms with E-state index in [0.717, 1.165) is 22.2 Å². The number of hydrogen-bond acceptors (Lipinski definition) is 2. The summed E-state index contributed by atoms with van der Waals surface area (Å²) < 4.78 is 6.60. The molecule has 0 aromatic heterocycles. The molecule has 0 atom stereocenters. The number of nitrogens with two attached hydrogens (primary N) is 1. The van der Waals surface area contributed by atoms with Crippen LogP contribution in [0.2, 0.25) is 0 Å². The summed E-state index contributed by atoms with van der Waals surface area (Å²) in [4.78, 5) is 0.395. The van der Waals surface area contributed by atoms with Gasteiger partial charge in [-0.15, -0.1) is 0 Å². The second kappa shape index (κ2) is 5.83. The molecule has 0 spiro atoms. The van der Waals surface area contributed by atoms with E-state index in [2.05, 4.69) is 36.7 Å². The van der Waals surface area contributed by atoms with E-state index < -0.39 is 0 Å². The average Bonchev–Trinajstić information content (AvgIpc) is 2.18. The molecule has 0 amide bonds. The van der Waals surface area contributed by atoms with Crippen molar-refractivity contribution in [2.75, 3.05) is 6.61 Å². The van der Waals surface area contributed by atoms with Gasteiger partial charge in [-0.3, -0.25) is 0 Å². The molecule has 0 saturated carbocycles. The summed E-state index contributed by atoms with van der Waals surface area (Å²) >= 11 is 8.37. The van der Waals surface area contributed by atoms with Crippen molar-refractivity contribution < 1.29 is 4.74 Å². The SMILES string of the molecule is CC(C)(C)CCOc1ccc(C(N)=S)cc1Br. The molecule has 0 fully saturated rings. The summed E-state index contributed by atoms with van der Waals surface area (Å²) in [5, 5.41) is 0. The Labute approximate surface area is 117 Å². The summed E-state index contributed by atoms with van der Waals surface area (Å²) in [5.41, 5.74) is 6.69. The zero-order valence-corrected chi connectivity index (χ0v) is 12.8. The van der Waals surface area contributed by atoms with Gasteiger partial charge < -0.3 is 10.5 Å². The van der Waals surface area contributed by atoms with Crippen molar-refractivity contribution in [1.29, 1.82) is 0 Å². The van der Waals surface area contributed by atoms with Gasteiger partial charge in [0, 0.05) is 5.56 Å². The van der Waals surface area contributed by atoms with E-state index in [4.69, 9.17) is 22.7 Å². The van der Waals surface area contributed by atoms with Crippen LogP contribution >= 0.6 is 28.1 Å². The maximum absolute atomic E-state index is 5.72. The zero-order chi connectivity index (χ0) is 13.1. The standard InChI is InChI=1S/C13H18BrNOS/c1-13(2,3)6-7-16-11-5-4-9(12(15)17)8-10(11)14/h4-5,8H,6-7H2,1-3H3,(H2,15,17). The molecule has 0 heterocycles. The zero-order valence-electron chi connectivity index (χ0n) is 10.4. The van der Waals surface area contributed by atoms with E-state index in [9.17, 15) is 0 Å². The van der Waals surface area contributed by atoms with E-state index in [1.807, 2.05) is 18.2 Å². The summed E-state index contributed by atoms with van der Waals surface area (Å²) in [6.45, 7) is 7.29. The third-order valence-corrected chi connectivity index (χ3v) is 3.18. The Morgan fingerprint density at radius 2 is 2.06 bits per heavy atom. The highest BCUT2D eigenvalue weighted by molar-refractivity contribution is 9.10. The minimum atomic E-state index is 0.283. The molecule has 0 saturated heterocycles. The Morgan fingerprint density at radius 3 is 2.53 bits per heavy atom. The molecule has 1 rings (SSSR count). The van der Waals surface area contributed by atoms with Crippen LogP contribution in [0, 0.1) is 5.41 Å². The summed E-state index contributed by atoms with van der Waals surface area (Å²) in [7, 11) is 0. The lowest BCUT2D eigenvalue weighted by Crippen LogP contribution is -2.12. The van der Waals surface area contributed by atoms with Crippen LogP contribution in [0.3, 0.4) is 0 Å². The van der Waals surface area contributed by atoms with Crippen molar-refractivity contribution in [3.63, 3.8) is 0 Å². The minimum absolute atomic E-state index is 0.283. The van der Waals surface area contributed by atoms with Crippen molar-refractivity contribution in [3.05, 3.63) is 28.2 Å². The molecular weight excluding hydrogens is 298 g/mol. The Morgan fingerprint density at radius 1 is 1.41 bits per heavy atom. The van der Waals surface area contributed by atoms with Crippen LogP contribution in [0.15, 0.2) is 22.7 Å². The summed E-state index contributed by atoms with van der Waals surface area (Å²) in [5.74, 6) is 0.828. The molecule has 2 N–H and O–H groups in total. The molecule has 2 nitrogen and oxygen atoms in total. The highest BCUT2D eigenvalue weighted by Crippen LogP contribution is 2.27. The van der Waals surface area contributed by atoms with Crippen molar-refractivity contribution in [2.45, 2.75) is 27.2 Å². The molecule has 0 aliphatic rings. The van der Waals surface area contributed by atoms with Gasteiger partial charge in [-0.25, -0.2) is 0 Å². The largest absolute Gasteiger partial charge is 0.492 e. The lowest BCUT2D eigenvalue weighted by molar-refractivity contribution is 0.242. The second-order valence-corrected chi connectivity index (χ2v) is 6.46. The summed E-state index contributed by atoms with van der Waals surface area (Å²) in [6, 6.07) is 5.65. The molecule has 0 unspecified atom stereocenters. The predicted molar refractivity (Wildman–Crippen MR) is 79.6 cm³/mol. The van der Waals surface area contributed by atoms with Gasteiger partial charge in [-0.1, -0.05) is 33.0 Å². The molecule has 94 valence electrons. The monoisotopic (exact) mass is 315 g/mol. The van der Waals surface area contributed by atoms with Crippen LogP contribution in [0.4, 0.5) is 0 Å². The number of ether oxygens (including phenoxy) is 1. The molecule has 4 heteroatoms. The van der Waals surface area contributed by atoms with Crippen LogP contribution in [0.25, 0.3) is 0 Å². The molecule has 0 aliphatic heterocycles. The summed E-state index contributed by atoms with van der Waals surface area (Å²) in [6.07, 6.45) is 1.01. The van der Waals surface area contributed by atoms with E-state index >= 15 is 0 Å². The van der Waals surface area contributed by atoms with E-state index in [1.54, 1.807) is 0 Å². The number of rotatable bonds is 4. The van der Waals surface area contributed by atoms with Gasteiger partial charge in [0.05, 0.1) is 11.1 Å². The quantitative estimate of drug-likeness (QED) is 0.856. The van der Waals surface area contributed by atoms with E-state index in [1.165, 1.54) is 0 Å². The van der Waals surface area contributed by atoms with Crippen LogP contribution in [-0.2, 0) is 0 Å². The number of hydrogen-bond donors (Lipinski definition) is 1. The van der Waals surface area contributed by atoms with Gasteiger partial charge in [0.1, 0.15) is 10.7 Å². The first-order chi connectivity index (χ1) is 7.79. The molecule has 0 bridgehead atoms. The van der Waals surface area contributed by atoms with Gasteiger partial charge in [0.25, 0.3) is 0 Å². The van der Waals surface area contributed by atoms with Crippen molar-refractivity contribution >= 4 is 33.1 Å². The fourth-order valence-electron chi connectivity index (χ4n) is 1.24. The Balaban J connectivity index is 2.64. The molecule has 17 heavy (non-hydrogen) atoms. The number of halogens is 1. The Bertz CT molecular complexity index is 412. The molecule has 1 aromatic carbocycles. The maximum atomic E-state index is 5.72. The Hall–Kier alpha value is -0.610. The van der Waals surface area contributed by atoms with E-state index in [-0.39, 0.29) is 5.41 Å². The molecule has 0 radical (unpaired) electrons. The van der Waals surface area contributed by atoms with Crippen molar-refractivity contribution in [1.82, 2.24) is 0 Å². The fourth-order valence-corrected chi connectivity index (χ4v) is 1.86. The molecule has 1 aromatic rings. The average molecular weight is 316 g/mol. The first-order valence-electron chi connectivity index (χ1n) is 5.52. The van der Waals surface area contributed by atoms with Crippen LogP contribution in [0.5, 0.6) is 5.75 Å². The lowest BCUT2D eigenvalue weighted by Gasteiger charge is -2.18. The van der Waals surface area contributed by atoms with E-state index in [0.29, 0.717) is 11.6 Å². The second-order valence-electron chi connectivity index (χ2n) is 5.17. The lowest BCUT2D eigenvalue weighted by atomic mass is 9.93. The Kier molecular flexibility index (Phi) is 4.95. The highest BCUT2D eigenvalue weighted by Gasteiger charge is 2.11.